The van der Waals surface area contributed by atoms with Gasteiger partial charge in [-0.05, 0) is 18.2 Å². The standard InChI is InChI=1S/C13H8ClN5/c14-13-12-6-16-8-19(12)11-5-9(1-2-10(11)17-13)18-4-3-15-7-18/h1-8H. The molecule has 0 saturated carbocycles. The highest BCUT2D eigenvalue weighted by molar-refractivity contribution is 6.33. The fourth-order valence-corrected chi connectivity index (χ4v) is 2.41. The third-order valence-corrected chi connectivity index (χ3v) is 3.37. The number of imidazole rings is 2. The van der Waals surface area contributed by atoms with E-state index in [1.54, 1.807) is 25.0 Å². The number of halogens is 1. The van der Waals surface area contributed by atoms with E-state index in [9.17, 15) is 0 Å². The molecule has 1 aromatic carbocycles. The molecule has 0 N–H and O–H groups in total. The van der Waals surface area contributed by atoms with Crippen molar-refractivity contribution < 1.29 is 0 Å². The molecule has 6 heteroatoms. The summed E-state index contributed by atoms with van der Waals surface area (Å²) in [6, 6.07) is 5.96. The second kappa shape index (κ2) is 3.80. The Hall–Kier alpha value is -2.40. The minimum Gasteiger partial charge on any atom is -0.306 e. The topological polar surface area (TPSA) is 48.0 Å². The minimum absolute atomic E-state index is 0.459. The van der Waals surface area contributed by atoms with Crippen molar-refractivity contribution in [2.24, 2.45) is 0 Å². The van der Waals surface area contributed by atoms with Gasteiger partial charge in [-0.1, -0.05) is 11.6 Å². The lowest BCUT2D eigenvalue weighted by molar-refractivity contribution is 1.06. The summed E-state index contributed by atoms with van der Waals surface area (Å²) in [5, 5.41) is 0.459. The molecule has 4 aromatic rings. The Bertz CT molecular complexity index is 879. The Balaban J connectivity index is 2.10. The summed E-state index contributed by atoms with van der Waals surface area (Å²) in [4.78, 5) is 12.6. The van der Waals surface area contributed by atoms with Crippen molar-refractivity contribution in [2.45, 2.75) is 0 Å². The van der Waals surface area contributed by atoms with E-state index in [0.29, 0.717) is 5.15 Å². The molecule has 0 spiro atoms. The molecule has 92 valence electrons. The van der Waals surface area contributed by atoms with Crippen LogP contribution in [0.15, 0.2) is 49.4 Å². The van der Waals surface area contributed by atoms with Gasteiger partial charge in [0, 0.05) is 18.1 Å². The first-order valence-corrected chi connectivity index (χ1v) is 6.10. The Morgan fingerprint density at radius 2 is 2.00 bits per heavy atom. The van der Waals surface area contributed by atoms with Crippen molar-refractivity contribution in [3.63, 3.8) is 0 Å². The molecule has 0 saturated heterocycles. The fraction of sp³-hybridized carbons (Fsp3) is 0. The number of hydrogen-bond acceptors (Lipinski definition) is 3. The van der Waals surface area contributed by atoms with Crippen LogP contribution in [0.5, 0.6) is 0 Å². The predicted molar refractivity (Wildman–Crippen MR) is 72.6 cm³/mol. The molecule has 0 aliphatic carbocycles. The average Bonchev–Trinajstić information content (AvgIpc) is 3.10. The van der Waals surface area contributed by atoms with Crippen molar-refractivity contribution in [3.8, 4) is 5.69 Å². The van der Waals surface area contributed by atoms with E-state index in [0.717, 1.165) is 22.2 Å². The quantitative estimate of drug-likeness (QED) is 0.534. The number of aromatic nitrogens is 5. The Morgan fingerprint density at radius 1 is 1.05 bits per heavy atom. The summed E-state index contributed by atoms with van der Waals surface area (Å²) in [5.74, 6) is 0. The van der Waals surface area contributed by atoms with E-state index >= 15 is 0 Å². The van der Waals surface area contributed by atoms with Gasteiger partial charge in [0.15, 0.2) is 5.15 Å². The number of hydrogen-bond donors (Lipinski definition) is 0. The van der Waals surface area contributed by atoms with Gasteiger partial charge in [-0.15, -0.1) is 0 Å². The second-order valence-corrected chi connectivity index (χ2v) is 4.55. The van der Waals surface area contributed by atoms with Gasteiger partial charge in [0.2, 0.25) is 0 Å². The Kier molecular flexibility index (Phi) is 2.10. The summed E-state index contributed by atoms with van der Waals surface area (Å²) in [6.45, 7) is 0. The molecule has 19 heavy (non-hydrogen) atoms. The number of fused-ring (bicyclic) bond motifs is 3. The first kappa shape index (κ1) is 10.5. The summed E-state index contributed by atoms with van der Waals surface area (Å²) in [6.07, 6.45) is 8.85. The van der Waals surface area contributed by atoms with E-state index in [4.69, 9.17) is 11.6 Å². The van der Waals surface area contributed by atoms with E-state index in [-0.39, 0.29) is 0 Å². The van der Waals surface area contributed by atoms with Crippen LogP contribution in [0.3, 0.4) is 0 Å². The molecule has 0 bridgehead atoms. The van der Waals surface area contributed by atoms with Crippen LogP contribution in [0.25, 0.3) is 22.2 Å². The lowest BCUT2D eigenvalue weighted by Crippen LogP contribution is -1.95. The maximum Gasteiger partial charge on any atom is 0.155 e. The maximum absolute atomic E-state index is 6.13. The molecule has 0 aliphatic heterocycles. The second-order valence-electron chi connectivity index (χ2n) is 4.19. The van der Waals surface area contributed by atoms with Crippen molar-refractivity contribution in [2.75, 3.05) is 0 Å². The molecular formula is C13H8ClN5. The van der Waals surface area contributed by atoms with Crippen LogP contribution in [0, 0.1) is 0 Å². The number of benzene rings is 1. The maximum atomic E-state index is 6.13. The van der Waals surface area contributed by atoms with Gasteiger partial charge in [0.25, 0.3) is 0 Å². The van der Waals surface area contributed by atoms with E-state index in [2.05, 4.69) is 15.0 Å². The molecule has 5 nitrogen and oxygen atoms in total. The first-order valence-electron chi connectivity index (χ1n) is 5.72. The first-order chi connectivity index (χ1) is 9.33. The summed E-state index contributed by atoms with van der Waals surface area (Å²) in [7, 11) is 0. The minimum atomic E-state index is 0.459. The summed E-state index contributed by atoms with van der Waals surface area (Å²) in [5.41, 5.74) is 3.61. The largest absolute Gasteiger partial charge is 0.306 e. The van der Waals surface area contributed by atoms with Crippen LogP contribution in [0.1, 0.15) is 0 Å². The molecule has 3 aromatic heterocycles. The molecule has 0 unspecified atom stereocenters. The zero-order chi connectivity index (χ0) is 12.8. The van der Waals surface area contributed by atoms with Crippen molar-refractivity contribution >= 4 is 28.2 Å². The van der Waals surface area contributed by atoms with Crippen molar-refractivity contribution in [1.29, 1.82) is 0 Å². The molecule has 0 aliphatic rings. The molecule has 4 rings (SSSR count). The molecular weight excluding hydrogens is 262 g/mol. The van der Waals surface area contributed by atoms with Gasteiger partial charge in [-0.2, -0.15) is 0 Å². The molecule has 0 amide bonds. The van der Waals surface area contributed by atoms with Gasteiger partial charge in [-0.3, -0.25) is 4.40 Å². The van der Waals surface area contributed by atoms with E-state index in [1.807, 2.05) is 33.4 Å². The molecule has 0 radical (unpaired) electrons. The summed E-state index contributed by atoms with van der Waals surface area (Å²) < 4.78 is 3.88. The zero-order valence-corrected chi connectivity index (χ0v) is 10.5. The lowest BCUT2D eigenvalue weighted by atomic mass is 10.2. The zero-order valence-electron chi connectivity index (χ0n) is 9.73. The SMILES string of the molecule is Clc1nc2ccc(-n3ccnc3)cc2n2cncc12. The average molecular weight is 270 g/mol. The number of nitrogens with zero attached hydrogens (tertiary/aromatic N) is 5. The van der Waals surface area contributed by atoms with Crippen LogP contribution in [0.2, 0.25) is 5.15 Å². The fourth-order valence-electron chi connectivity index (χ4n) is 2.17. The van der Waals surface area contributed by atoms with Gasteiger partial charge in [0.05, 0.1) is 29.9 Å². The highest BCUT2D eigenvalue weighted by Gasteiger charge is 2.08. The lowest BCUT2D eigenvalue weighted by Gasteiger charge is -2.07. The predicted octanol–water partition coefficient (Wildman–Crippen LogP) is 2.72. The van der Waals surface area contributed by atoms with Crippen molar-refractivity contribution in [1.82, 2.24) is 23.9 Å². The van der Waals surface area contributed by atoms with Gasteiger partial charge in [0.1, 0.15) is 5.52 Å². The third-order valence-electron chi connectivity index (χ3n) is 3.09. The van der Waals surface area contributed by atoms with Crippen LogP contribution >= 0.6 is 11.6 Å². The van der Waals surface area contributed by atoms with Crippen LogP contribution in [-0.2, 0) is 0 Å². The van der Waals surface area contributed by atoms with Crippen molar-refractivity contribution in [3.05, 3.63) is 54.6 Å². The molecule has 3 heterocycles. The Morgan fingerprint density at radius 3 is 2.84 bits per heavy atom. The van der Waals surface area contributed by atoms with Crippen LogP contribution in [0.4, 0.5) is 0 Å². The van der Waals surface area contributed by atoms with Gasteiger partial charge in [-0.25, -0.2) is 15.0 Å². The Labute approximate surface area is 113 Å². The van der Waals surface area contributed by atoms with E-state index < -0.39 is 0 Å². The molecule has 0 atom stereocenters. The van der Waals surface area contributed by atoms with Crippen LogP contribution < -0.4 is 0 Å². The van der Waals surface area contributed by atoms with Crippen LogP contribution in [-0.4, -0.2) is 23.9 Å². The van der Waals surface area contributed by atoms with Gasteiger partial charge < -0.3 is 4.57 Å². The molecule has 0 fully saturated rings. The number of rotatable bonds is 1. The normalized spacial score (nSPS) is 11.4. The van der Waals surface area contributed by atoms with E-state index in [1.165, 1.54) is 0 Å². The van der Waals surface area contributed by atoms with Gasteiger partial charge >= 0.3 is 0 Å². The third kappa shape index (κ3) is 1.52. The highest BCUT2D eigenvalue weighted by atomic mass is 35.5. The highest BCUT2D eigenvalue weighted by Crippen LogP contribution is 2.23. The monoisotopic (exact) mass is 269 g/mol. The summed E-state index contributed by atoms with van der Waals surface area (Å²) >= 11 is 6.13. The smallest absolute Gasteiger partial charge is 0.155 e.